The lowest BCUT2D eigenvalue weighted by atomic mass is 10.1. The van der Waals surface area contributed by atoms with Gasteiger partial charge in [0.05, 0.1) is 6.07 Å². The van der Waals surface area contributed by atoms with E-state index in [9.17, 15) is 19.6 Å². The zero-order valence-electron chi connectivity index (χ0n) is 9.25. The molecule has 0 aliphatic rings. The van der Waals surface area contributed by atoms with Crippen molar-refractivity contribution in [2.45, 2.75) is 12.5 Å². The average Bonchev–Trinajstić information content (AvgIpc) is 2.78. The second-order valence-electron chi connectivity index (χ2n) is 3.78. The normalized spacial score (nSPS) is 12.3. The second kappa shape index (κ2) is 4.97. The molecule has 0 aliphatic heterocycles. The summed E-state index contributed by atoms with van der Waals surface area (Å²) in [6, 6.07) is 8.28. The Bertz CT molecular complexity index is 567. The van der Waals surface area contributed by atoms with Crippen molar-refractivity contribution in [3.8, 4) is 0 Å². The minimum atomic E-state index is -1.04. The predicted octanol–water partition coefficient (Wildman–Crippen LogP) is 2.60. The van der Waals surface area contributed by atoms with E-state index in [1.807, 2.05) is 0 Å². The van der Waals surface area contributed by atoms with Crippen molar-refractivity contribution in [3.05, 3.63) is 63.7 Å². The summed E-state index contributed by atoms with van der Waals surface area (Å²) in [6.45, 7) is 0. The second-order valence-corrected chi connectivity index (χ2v) is 3.78. The third-order valence-corrected chi connectivity index (χ3v) is 2.44. The summed E-state index contributed by atoms with van der Waals surface area (Å²) in [7, 11) is 0. The lowest BCUT2D eigenvalue weighted by molar-refractivity contribution is -0.402. The Balaban J connectivity index is 2.11. The number of benzene rings is 1. The fourth-order valence-corrected chi connectivity index (χ4v) is 1.61. The van der Waals surface area contributed by atoms with Crippen LogP contribution in [-0.4, -0.2) is 10.0 Å². The highest BCUT2D eigenvalue weighted by molar-refractivity contribution is 5.22. The average molecular weight is 251 g/mol. The van der Waals surface area contributed by atoms with Crippen LogP contribution in [0.2, 0.25) is 0 Å². The number of aliphatic hydroxyl groups is 1. The Kier molecular flexibility index (Phi) is 3.38. The molecule has 0 amide bonds. The molecule has 0 saturated heterocycles. The van der Waals surface area contributed by atoms with Crippen molar-refractivity contribution in [3.63, 3.8) is 0 Å². The third kappa shape index (κ3) is 2.72. The van der Waals surface area contributed by atoms with Gasteiger partial charge < -0.3 is 9.52 Å². The van der Waals surface area contributed by atoms with Crippen molar-refractivity contribution in [2.75, 3.05) is 0 Å². The van der Waals surface area contributed by atoms with Gasteiger partial charge in [0.2, 0.25) is 0 Å². The van der Waals surface area contributed by atoms with Crippen molar-refractivity contribution in [2.24, 2.45) is 0 Å². The van der Waals surface area contributed by atoms with Crippen molar-refractivity contribution < 1.29 is 18.8 Å². The van der Waals surface area contributed by atoms with Gasteiger partial charge in [-0.1, -0.05) is 12.1 Å². The van der Waals surface area contributed by atoms with Crippen LogP contribution in [0.25, 0.3) is 0 Å². The standard InChI is InChI=1S/C12H10FNO4/c13-9-3-1-2-8(6-9)7-10(15)11-4-5-12(18-11)14(16)17/h1-6,10,15H,7H2. The molecule has 2 aromatic rings. The zero-order chi connectivity index (χ0) is 13.1. The first-order valence-electron chi connectivity index (χ1n) is 5.23. The molecule has 1 heterocycles. The molecule has 6 heteroatoms. The van der Waals surface area contributed by atoms with Crippen LogP contribution in [0, 0.1) is 15.9 Å². The smallest absolute Gasteiger partial charge is 0.403 e. The monoisotopic (exact) mass is 251 g/mol. The van der Waals surface area contributed by atoms with E-state index in [4.69, 9.17) is 4.42 Å². The number of furan rings is 1. The molecule has 5 nitrogen and oxygen atoms in total. The molecular formula is C12H10FNO4. The molecule has 1 atom stereocenters. The molecule has 0 bridgehead atoms. The number of hydrogen-bond donors (Lipinski definition) is 1. The lowest BCUT2D eigenvalue weighted by Gasteiger charge is -2.07. The van der Waals surface area contributed by atoms with Gasteiger partial charge in [0.1, 0.15) is 22.6 Å². The highest BCUT2D eigenvalue weighted by Gasteiger charge is 2.18. The Morgan fingerprint density at radius 3 is 2.78 bits per heavy atom. The zero-order valence-corrected chi connectivity index (χ0v) is 9.25. The minimum Gasteiger partial charge on any atom is -0.403 e. The molecular weight excluding hydrogens is 241 g/mol. The minimum absolute atomic E-state index is 0.0889. The van der Waals surface area contributed by atoms with E-state index in [0.717, 1.165) is 0 Å². The van der Waals surface area contributed by atoms with E-state index in [-0.39, 0.29) is 12.2 Å². The molecule has 0 radical (unpaired) electrons. The molecule has 1 unspecified atom stereocenters. The highest BCUT2D eigenvalue weighted by atomic mass is 19.1. The van der Waals surface area contributed by atoms with Gasteiger partial charge in [0.15, 0.2) is 0 Å². The van der Waals surface area contributed by atoms with Gasteiger partial charge in [0, 0.05) is 6.42 Å². The van der Waals surface area contributed by atoms with Crippen LogP contribution in [0.15, 0.2) is 40.8 Å². The van der Waals surface area contributed by atoms with E-state index >= 15 is 0 Å². The lowest BCUT2D eigenvalue weighted by Crippen LogP contribution is -2.00. The molecule has 1 N–H and O–H groups in total. The van der Waals surface area contributed by atoms with E-state index in [2.05, 4.69) is 0 Å². The Hall–Kier alpha value is -2.21. The SMILES string of the molecule is O=[N+]([O-])c1ccc(C(O)Cc2cccc(F)c2)o1. The maximum atomic E-state index is 12.9. The molecule has 0 spiro atoms. The van der Waals surface area contributed by atoms with E-state index in [1.54, 1.807) is 6.07 Å². The van der Waals surface area contributed by atoms with Crippen LogP contribution in [0.5, 0.6) is 0 Å². The first-order valence-corrected chi connectivity index (χ1v) is 5.23. The fraction of sp³-hybridized carbons (Fsp3) is 0.167. The maximum absolute atomic E-state index is 12.9. The summed E-state index contributed by atoms with van der Waals surface area (Å²) < 4.78 is 17.8. The number of halogens is 1. The van der Waals surface area contributed by atoms with Gasteiger partial charge in [-0.05, 0) is 23.8 Å². The maximum Gasteiger partial charge on any atom is 0.433 e. The molecule has 94 valence electrons. The van der Waals surface area contributed by atoms with Crippen LogP contribution < -0.4 is 0 Å². The van der Waals surface area contributed by atoms with Crippen LogP contribution in [0.3, 0.4) is 0 Å². The topological polar surface area (TPSA) is 76.5 Å². The van der Waals surface area contributed by atoms with Gasteiger partial charge in [0.25, 0.3) is 0 Å². The molecule has 0 saturated carbocycles. The molecule has 0 aliphatic carbocycles. The van der Waals surface area contributed by atoms with Gasteiger partial charge >= 0.3 is 5.88 Å². The van der Waals surface area contributed by atoms with Gasteiger partial charge in [-0.3, -0.25) is 10.1 Å². The Labute approximate surface area is 102 Å². The number of aliphatic hydroxyl groups excluding tert-OH is 1. The molecule has 18 heavy (non-hydrogen) atoms. The summed E-state index contributed by atoms with van der Waals surface area (Å²) in [5.74, 6) is -0.737. The largest absolute Gasteiger partial charge is 0.433 e. The van der Waals surface area contributed by atoms with Gasteiger partial charge in [-0.2, -0.15) is 0 Å². The van der Waals surface area contributed by atoms with Crippen molar-refractivity contribution in [1.82, 2.24) is 0 Å². The van der Waals surface area contributed by atoms with E-state index in [0.29, 0.717) is 5.56 Å². The van der Waals surface area contributed by atoms with Crippen LogP contribution in [-0.2, 0) is 6.42 Å². The number of hydrogen-bond acceptors (Lipinski definition) is 4. The Morgan fingerprint density at radius 2 is 2.17 bits per heavy atom. The quantitative estimate of drug-likeness (QED) is 0.669. The first-order chi connectivity index (χ1) is 8.56. The molecule has 1 aromatic heterocycles. The summed E-state index contributed by atoms with van der Waals surface area (Å²) in [6.07, 6.45) is -0.914. The molecule has 1 aromatic carbocycles. The number of rotatable bonds is 4. The van der Waals surface area contributed by atoms with E-state index < -0.39 is 22.7 Å². The van der Waals surface area contributed by atoms with Crippen molar-refractivity contribution in [1.29, 1.82) is 0 Å². The number of nitro groups is 1. The first kappa shape index (κ1) is 12.3. The molecule has 2 rings (SSSR count). The van der Waals surface area contributed by atoms with Crippen LogP contribution in [0.4, 0.5) is 10.3 Å². The summed E-state index contributed by atoms with van der Waals surface area (Å²) in [5.41, 5.74) is 0.585. The summed E-state index contributed by atoms with van der Waals surface area (Å²) in [5, 5.41) is 20.2. The van der Waals surface area contributed by atoms with Gasteiger partial charge in [-0.15, -0.1) is 0 Å². The number of nitrogens with zero attached hydrogens (tertiary/aromatic N) is 1. The summed E-state index contributed by atoms with van der Waals surface area (Å²) >= 11 is 0. The Morgan fingerprint density at radius 1 is 1.39 bits per heavy atom. The molecule has 0 fully saturated rings. The van der Waals surface area contributed by atoms with Gasteiger partial charge in [-0.25, -0.2) is 4.39 Å². The highest BCUT2D eigenvalue weighted by Crippen LogP contribution is 2.24. The van der Waals surface area contributed by atoms with Crippen molar-refractivity contribution >= 4 is 5.88 Å². The fourth-order valence-electron chi connectivity index (χ4n) is 1.61. The van der Waals surface area contributed by atoms with E-state index in [1.165, 1.54) is 30.3 Å². The van der Waals surface area contributed by atoms with Crippen LogP contribution in [0.1, 0.15) is 17.4 Å². The van der Waals surface area contributed by atoms with Crippen LogP contribution >= 0.6 is 0 Å². The summed E-state index contributed by atoms with van der Waals surface area (Å²) in [4.78, 5) is 9.74. The third-order valence-electron chi connectivity index (χ3n) is 2.44. The predicted molar refractivity (Wildman–Crippen MR) is 60.4 cm³/mol.